The van der Waals surface area contributed by atoms with Crippen LogP contribution in [0.2, 0.25) is 0 Å². The minimum absolute atomic E-state index is 0.0744. The van der Waals surface area contributed by atoms with Crippen LogP contribution >= 0.6 is 0 Å². The fourth-order valence-electron chi connectivity index (χ4n) is 3.56. The second kappa shape index (κ2) is 9.04. The van der Waals surface area contributed by atoms with Gasteiger partial charge in [0.25, 0.3) is 5.91 Å². The summed E-state index contributed by atoms with van der Waals surface area (Å²) in [7, 11) is -2.44. The van der Waals surface area contributed by atoms with Gasteiger partial charge in [-0.25, -0.2) is 22.1 Å². The van der Waals surface area contributed by atoms with Crippen molar-refractivity contribution >= 4 is 27.5 Å². The van der Waals surface area contributed by atoms with Crippen molar-refractivity contribution in [2.24, 2.45) is 10.7 Å². The zero-order valence-electron chi connectivity index (χ0n) is 19.3. The number of aliphatic imine (C=N–C) groups is 1. The molecule has 1 atom stereocenters. The Morgan fingerprint density at radius 1 is 1.32 bits per heavy atom. The molecule has 0 saturated heterocycles. The highest BCUT2D eigenvalue weighted by atomic mass is 32.2. The highest BCUT2D eigenvalue weighted by Crippen LogP contribution is 2.36. The molecule has 1 aromatic heterocycles. The average molecular weight is 488 g/mol. The number of benzene rings is 1. The lowest BCUT2D eigenvalue weighted by Gasteiger charge is -2.29. The third kappa shape index (κ3) is 4.60. The Morgan fingerprint density at radius 3 is 2.65 bits per heavy atom. The standard InChI is InChI=1S/C23H26FN5O4S/c1-6-11-33-16-8-10-19(26-13-16)20(30)27-15-7-9-18(24)17(12-15)23(4)14-29(5)34(31,32)22(2,3)21(25)28-23/h1,7-10,12-13H,11,14H2,2-5H3,(H2,25,28)(H,27,30)/t23-/m0/s1. The minimum Gasteiger partial charge on any atom is -0.479 e. The van der Waals surface area contributed by atoms with E-state index in [0.717, 1.165) is 4.31 Å². The predicted molar refractivity (Wildman–Crippen MR) is 128 cm³/mol. The number of ether oxygens (including phenoxy) is 1. The number of likely N-dealkylation sites (N-methyl/N-ethyl adjacent to an activating group) is 1. The van der Waals surface area contributed by atoms with Crippen LogP contribution in [0.3, 0.4) is 0 Å². The van der Waals surface area contributed by atoms with Gasteiger partial charge in [-0.2, -0.15) is 0 Å². The smallest absolute Gasteiger partial charge is 0.274 e. The lowest BCUT2D eigenvalue weighted by molar-refractivity contribution is 0.102. The second-order valence-electron chi connectivity index (χ2n) is 8.56. The zero-order valence-corrected chi connectivity index (χ0v) is 20.1. The predicted octanol–water partition coefficient (Wildman–Crippen LogP) is 2.11. The Morgan fingerprint density at radius 2 is 2.03 bits per heavy atom. The summed E-state index contributed by atoms with van der Waals surface area (Å²) < 4.78 is 45.6. The van der Waals surface area contributed by atoms with Crippen LogP contribution in [0, 0.1) is 18.2 Å². The number of anilines is 1. The number of halogens is 1. The maximum atomic E-state index is 14.9. The second-order valence-corrected chi connectivity index (χ2v) is 11.2. The van der Waals surface area contributed by atoms with Gasteiger partial charge in [0, 0.05) is 24.8 Å². The first-order valence-corrected chi connectivity index (χ1v) is 11.7. The summed E-state index contributed by atoms with van der Waals surface area (Å²) in [5.41, 5.74) is 5.20. The fraction of sp³-hybridized carbons (Fsp3) is 0.348. The van der Waals surface area contributed by atoms with Gasteiger partial charge in [-0.3, -0.25) is 9.79 Å². The van der Waals surface area contributed by atoms with Gasteiger partial charge in [-0.1, -0.05) is 5.92 Å². The number of hydrogen-bond donors (Lipinski definition) is 2. The number of aromatic nitrogens is 1. The molecule has 180 valence electrons. The molecule has 11 heteroatoms. The molecule has 1 amide bonds. The molecule has 3 rings (SSSR count). The van der Waals surface area contributed by atoms with Gasteiger partial charge in [0.15, 0.2) is 0 Å². The van der Waals surface area contributed by atoms with E-state index in [4.69, 9.17) is 16.9 Å². The molecule has 0 aliphatic carbocycles. The van der Waals surface area contributed by atoms with Crippen LogP contribution in [-0.4, -0.2) is 54.4 Å². The molecule has 9 nitrogen and oxygen atoms in total. The molecular weight excluding hydrogens is 461 g/mol. The van der Waals surface area contributed by atoms with Crippen molar-refractivity contribution in [3.05, 3.63) is 53.6 Å². The van der Waals surface area contributed by atoms with Crippen LogP contribution in [0.4, 0.5) is 10.1 Å². The molecule has 0 spiro atoms. The first kappa shape index (κ1) is 25.1. The minimum atomic E-state index is -3.84. The first-order chi connectivity index (χ1) is 15.8. The summed E-state index contributed by atoms with van der Waals surface area (Å²) in [6.07, 6.45) is 6.51. The number of nitrogens with zero attached hydrogens (tertiary/aromatic N) is 3. The highest BCUT2D eigenvalue weighted by molar-refractivity contribution is 7.91. The number of terminal acetylenes is 1. The Bertz CT molecular complexity index is 1290. The normalized spacial score (nSPS) is 21.6. The SMILES string of the molecule is C#CCOc1ccc(C(=O)Nc2ccc(F)c([C@]3(C)CN(C)S(=O)(=O)C(C)(C)C(N)=N3)c2)nc1. The molecule has 3 N–H and O–H groups in total. The number of carbonyl (C=O) groups is 1. The van der Waals surface area contributed by atoms with Gasteiger partial charge in [-0.05, 0) is 51.1 Å². The van der Waals surface area contributed by atoms with Crippen LogP contribution in [-0.2, 0) is 15.6 Å². The van der Waals surface area contributed by atoms with Gasteiger partial charge in [0.1, 0.15) is 40.0 Å². The van der Waals surface area contributed by atoms with E-state index in [1.807, 2.05) is 0 Å². The summed E-state index contributed by atoms with van der Waals surface area (Å²) >= 11 is 0. The summed E-state index contributed by atoms with van der Waals surface area (Å²) in [4.78, 5) is 21.1. The number of nitrogens with one attached hydrogen (secondary N) is 1. The van der Waals surface area contributed by atoms with Gasteiger partial charge >= 0.3 is 0 Å². The van der Waals surface area contributed by atoms with Gasteiger partial charge < -0.3 is 15.8 Å². The molecule has 1 aliphatic heterocycles. The molecule has 0 radical (unpaired) electrons. The molecule has 2 heterocycles. The summed E-state index contributed by atoms with van der Waals surface area (Å²) in [6, 6.07) is 6.99. The number of pyridine rings is 1. The fourth-order valence-corrected chi connectivity index (χ4v) is 5.07. The molecule has 34 heavy (non-hydrogen) atoms. The van der Waals surface area contributed by atoms with Gasteiger partial charge in [0.2, 0.25) is 10.0 Å². The molecule has 0 unspecified atom stereocenters. The van der Waals surface area contributed by atoms with Crippen molar-refractivity contribution in [1.82, 2.24) is 9.29 Å². The highest BCUT2D eigenvalue weighted by Gasteiger charge is 2.48. The molecule has 0 fully saturated rings. The van der Waals surface area contributed by atoms with E-state index in [9.17, 15) is 17.6 Å². The van der Waals surface area contributed by atoms with Gasteiger partial charge in [0.05, 0.1) is 6.20 Å². The summed E-state index contributed by atoms with van der Waals surface area (Å²) in [6.45, 7) is 4.42. The van der Waals surface area contributed by atoms with Crippen LogP contribution < -0.4 is 15.8 Å². The van der Waals surface area contributed by atoms with E-state index in [0.29, 0.717) is 5.75 Å². The number of carbonyl (C=O) groups excluding carboxylic acids is 1. The van der Waals surface area contributed by atoms with E-state index >= 15 is 0 Å². The maximum absolute atomic E-state index is 14.9. The van der Waals surface area contributed by atoms with Crippen LogP contribution in [0.1, 0.15) is 36.8 Å². The van der Waals surface area contributed by atoms with E-state index < -0.39 is 32.0 Å². The monoisotopic (exact) mass is 487 g/mol. The summed E-state index contributed by atoms with van der Waals surface area (Å²) in [5.74, 6) is 1.46. The lowest BCUT2D eigenvalue weighted by Crippen LogP contribution is -2.50. The van der Waals surface area contributed by atoms with Crippen LogP contribution in [0.15, 0.2) is 41.5 Å². The Kier molecular flexibility index (Phi) is 6.68. The van der Waals surface area contributed by atoms with E-state index in [1.165, 1.54) is 51.4 Å². The molecular formula is C23H26FN5O4S. The molecule has 0 bridgehead atoms. The van der Waals surface area contributed by atoms with Crippen molar-refractivity contribution in [2.45, 2.75) is 31.1 Å². The molecule has 0 saturated carbocycles. The number of amides is 1. The zero-order chi connectivity index (χ0) is 25.3. The third-order valence-corrected chi connectivity index (χ3v) is 8.11. The van der Waals surface area contributed by atoms with E-state index in [2.05, 4.69) is 21.2 Å². The molecule has 2 aromatic rings. The van der Waals surface area contributed by atoms with Crippen molar-refractivity contribution in [3.8, 4) is 18.1 Å². The van der Waals surface area contributed by atoms with E-state index in [-0.39, 0.29) is 35.9 Å². The Hall–Kier alpha value is -3.49. The van der Waals surface area contributed by atoms with Crippen molar-refractivity contribution < 1.29 is 22.3 Å². The third-order valence-electron chi connectivity index (χ3n) is 5.67. The van der Waals surface area contributed by atoms with Crippen molar-refractivity contribution in [2.75, 3.05) is 25.5 Å². The number of hydrogen-bond acceptors (Lipinski definition) is 7. The molecule has 1 aromatic carbocycles. The summed E-state index contributed by atoms with van der Waals surface area (Å²) in [5, 5.41) is 2.66. The Labute approximate surface area is 198 Å². The quantitative estimate of drug-likeness (QED) is 0.622. The van der Waals surface area contributed by atoms with E-state index in [1.54, 1.807) is 13.0 Å². The lowest BCUT2D eigenvalue weighted by atomic mass is 9.91. The van der Waals surface area contributed by atoms with Crippen molar-refractivity contribution in [3.63, 3.8) is 0 Å². The maximum Gasteiger partial charge on any atom is 0.274 e. The number of sulfonamides is 1. The Balaban J connectivity index is 1.92. The topological polar surface area (TPSA) is 127 Å². The number of rotatable bonds is 5. The number of amidine groups is 1. The van der Waals surface area contributed by atoms with Crippen molar-refractivity contribution in [1.29, 1.82) is 0 Å². The molecule has 1 aliphatic rings. The number of nitrogens with two attached hydrogens (primary N) is 1. The van der Waals surface area contributed by atoms with Crippen LogP contribution in [0.25, 0.3) is 0 Å². The average Bonchev–Trinajstić information content (AvgIpc) is 2.82. The van der Waals surface area contributed by atoms with Crippen LogP contribution in [0.5, 0.6) is 5.75 Å². The largest absolute Gasteiger partial charge is 0.479 e. The van der Waals surface area contributed by atoms with Gasteiger partial charge in [-0.15, -0.1) is 6.42 Å². The first-order valence-electron chi connectivity index (χ1n) is 10.3.